The van der Waals surface area contributed by atoms with Gasteiger partial charge in [-0.25, -0.2) is 0 Å². The summed E-state index contributed by atoms with van der Waals surface area (Å²) in [7, 11) is 0. The van der Waals surface area contributed by atoms with Crippen LogP contribution in [0.5, 0.6) is 0 Å². The molecule has 0 amide bonds. The summed E-state index contributed by atoms with van der Waals surface area (Å²) >= 11 is 0. The van der Waals surface area contributed by atoms with Crippen LogP contribution in [-0.4, -0.2) is 41.8 Å². The van der Waals surface area contributed by atoms with E-state index in [0.717, 1.165) is 12.5 Å². The van der Waals surface area contributed by atoms with Crippen LogP contribution in [0.1, 0.15) is 38.5 Å². The molecule has 2 rings (SSSR count). The van der Waals surface area contributed by atoms with E-state index in [0.29, 0.717) is 18.7 Å². The Morgan fingerprint density at radius 1 is 1.20 bits per heavy atom. The van der Waals surface area contributed by atoms with E-state index in [1.165, 1.54) is 45.1 Å². The fourth-order valence-corrected chi connectivity index (χ4v) is 3.26. The minimum Gasteiger partial charge on any atom is -0.395 e. The highest BCUT2D eigenvalue weighted by Gasteiger charge is 2.33. The maximum atomic E-state index is 9.38. The molecule has 1 saturated heterocycles. The number of hydrogen-bond acceptors (Lipinski definition) is 3. The second-order valence-electron chi connectivity index (χ2n) is 5.14. The number of rotatable bonds is 3. The first-order valence-electron chi connectivity index (χ1n) is 6.41. The van der Waals surface area contributed by atoms with Crippen LogP contribution in [-0.2, 0) is 0 Å². The maximum absolute atomic E-state index is 9.38. The molecule has 1 aliphatic carbocycles. The predicted octanol–water partition coefficient (Wildman–Crippen LogP) is 0.961. The van der Waals surface area contributed by atoms with Crippen molar-refractivity contribution in [2.45, 2.75) is 50.6 Å². The van der Waals surface area contributed by atoms with Gasteiger partial charge in [0.05, 0.1) is 6.61 Å². The van der Waals surface area contributed by atoms with Crippen LogP contribution in [0, 0.1) is 5.92 Å². The quantitative estimate of drug-likeness (QED) is 0.732. The third-order valence-corrected chi connectivity index (χ3v) is 4.20. The zero-order valence-corrected chi connectivity index (χ0v) is 9.57. The highest BCUT2D eigenvalue weighted by atomic mass is 16.3. The first-order chi connectivity index (χ1) is 7.35. The monoisotopic (exact) mass is 212 g/mol. The van der Waals surface area contributed by atoms with Crippen LogP contribution in [0.4, 0.5) is 0 Å². The van der Waals surface area contributed by atoms with Gasteiger partial charge >= 0.3 is 0 Å². The predicted molar refractivity (Wildman–Crippen MR) is 61.6 cm³/mol. The zero-order chi connectivity index (χ0) is 10.7. The van der Waals surface area contributed by atoms with Gasteiger partial charge in [-0.3, -0.25) is 4.90 Å². The fraction of sp³-hybridized carbons (Fsp3) is 1.00. The highest BCUT2D eigenvalue weighted by molar-refractivity contribution is 4.88. The van der Waals surface area contributed by atoms with Gasteiger partial charge < -0.3 is 10.8 Å². The molecule has 3 unspecified atom stereocenters. The molecule has 2 fully saturated rings. The standard InChI is InChI=1S/C12H24N2O/c13-8-10-4-5-11(7-10)14-6-2-1-3-12(14)9-15/h10-12,15H,1-9,13H2. The summed E-state index contributed by atoms with van der Waals surface area (Å²) in [5.74, 6) is 0.733. The Bertz CT molecular complexity index is 198. The number of nitrogens with zero attached hydrogens (tertiary/aromatic N) is 1. The first kappa shape index (κ1) is 11.4. The van der Waals surface area contributed by atoms with E-state index in [9.17, 15) is 5.11 Å². The topological polar surface area (TPSA) is 49.5 Å². The van der Waals surface area contributed by atoms with Crippen molar-refractivity contribution < 1.29 is 5.11 Å². The summed E-state index contributed by atoms with van der Waals surface area (Å²) < 4.78 is 0. The summed E-state index contributed by atoms with van der Waals surface area (Å²) in [5.41, 5.74) is 5.72. The van der Waals surface area contributed by atoms with Crippen molar-refractivity contribution in [3.05, 3.63) is 0 Å². The van der Waals surface area contributed by atoms with Gasteiger partial charge in [0.2, 0.25) is 0 Å². The van der Waals surface area contributed by atoms with Gasteiger partial charge in [-0.05, 0) is 51.1 Å². The average molecular weight is 212 g/mol. The number of likely N-dealkylation sites (tertiary alicyclic amines) is 1. The van der Waals surface area contributed by atoms with E-state index >= 15 is 0 Å². The lowest BCUT2D eigenvalue weighted by molar-refractivity contribution is 0.0538. The lowest BCUT2D eigenvalue weighted by atomic mass is 9.99. The minimum absolute atomic E-state index is 0.337. The zero-order valence-electron chi connectivity index (χ0n) is 9.57. The van der Waals surface area contributed by atoms with Gasteiger partial charge in [-0.1, -0.05) is 6.42 Å². The number of aliphatic hydroxyl groups excluding tert-OH is 1. The van der Waals surface area contributed by atoms with E-state index < -0.39 is 0 Å². The molecule has 3 heteroatoms. The molecule has 0 bridgehead atoms. The fourth-order valence-electron chi connectivity index (χ4n) is 3.26. The summed E-state index contributed by atoms with van der Waals surface area (Å²) in [5, 5.41) is 9.38. The van der Waals surface area contributed by atoms with E-state index in [-0.39, 0.29) is 0 Å². The normalized spacial score (nSPS) is 38.4. The number of hydrogen-bond donors (Lipinski definition) is 2. The SMILES string of the molecule is NCC1CCC(N2CCCCC2CO)C1. The van der Waals surface area contributed by atoms with Crippen molar-refractivity contribution in [3.63, 3.8) is 0 Å². The third kappa shape index (κ3) is 2.52. The molecule has 0 aromatic carbocycles. The van der Waals surface area contributed by atoms with Crippen molar-refractivity contribution in [1.29, 1.82) is 0 Å². The molecule has 0 spiro atoms. The van der Waals surface area contributed by atoms with Crippen LogP contribution >= 0.6 is 0 Å². The summed E-state index contributed by atoms with van der Waals surface area (Å²) in [6, 6.07) is 1.14. The van der Waals surface area contributed by atoms with Crippen LogP contribution in [0.15, 0.2) is 0 Å². The van der Waals surface area contributed by atoms with Crippen molar-refractivity contribution in [1.82, 2.24) is 4.90 Å². The van der Waals surface area contributed by atoms with Crippen molar-refractivity contribution in [2.75, 3.05) is 19.7 Å². The molecule has 1 saturated carbocycles. The van der Waals surface area contributed by atoms with Gasteiger partial charge in [-0.15, -0.1) is 0 Å². The Kier molecular flexibility index (Phi) is 4.00. The van der Waals surface area contributed by atoms with Crippen molar-refractivity contribution >= 4 is 0 Å². The van der Waals surface area contributed by atoms with Crippen LogP contribution in [0.2, 0.25) is 0 Å². The molecule has 1 aliphatic heterocycles. The Hall–Kier alpha value is -0.120. The van der Waals surface area contributed by atoms with E-state index in [2.05, 4.69) is 4.90 Å². The Balaban J connectivity index is 1.90. The molecular weight excluding hydrogens is 188 g/mol. The third-order valence-electron chi connectivity index (χ3n) is 4.20. The van der Waals surface area contributed by atoms with Gasteiger partial charge in [0.1, 0.15) is 0 Å². The molecule has 0 radical (unpaired) electrons. The van der Waals surface area contributed by atoms with Crippen LogP contribution in [0.25, 0.3) is 0 Å². The van der Waals surface area contributed by atoms with Gasteiger partial charge in [0.25, 0.3) is 0 Å². The Morgan fingerprint density at radius 2 is 2.07 bits per heavy atom. The minimum atomic E-state index is 0.337. The summed E-state index contributed by atoms with van der Waals surface area (Å²) in [6.07, 6.45) is 7.61. The molecule has 3 nitrogen and oxygen atoms in total. The maximum Gasteiger partial charge on any atom is 0.0586 e. The van der Waals surface area contributed by atoms with E-state index in [1.54, 1.807) is 0 Å². The summed E-state index contributed by atoms with van der Waals surface area (Å²) in [6.45, 7) is 2.37. The van der Waals surface area contributed by atoms with Crippen LogP contribution < -0.4 is 5.73 Å². The smallest absolute Gasteiger partial charge is 0.0586 e. The molecule has 0 aromatic heterocycles. The largest absolute Gasteiger partial charge is 0.395 e. The highest BCUT2D eigenvalue weighted by Crippen LogP contribution is 2.32. The van der Waals surface area contributed by atoms with E-state index in [1.807, 2.05) is 0 Å². The first-order valence-corrected chi connectivity index (χ1v) is 6.41. The number of nitrogens with two attached hydrogens (primary N) is 1. The second-order valence-corrected chi connectivity index (χ2v) is 5.14. The Labute approximate surface area is 92.6 Å². The lowest BCUT2D eigenvalue weighted by Crippen LogP contribution is -2.47. The molecule has 3 N–H and O–H groups in total. The number of piperidine rings is 1. The molecule has 3 atom stereocenters. The lowest BCUT2D eigenvalue weighted by Gasteiger charge is -2.39. The van der Waals surface area contributed by atoms with Gasteiger partial charge in [-0.2, -0.15) is 0 Å². The molecule has 88 valence electrons. The van der Waals surface area contributed by atoms with Gasteiger partial charge in [0.15, 0.2) is 0 Å². The molecule has 0 aromatic rings. The van der Waals surface area contributed by atoms with Crippen LogP contribution in [0.3, 0.4) is 0 Å². The molecule has 2 aliphatic rings. The molecule has 15 heavy (non-hydrogen) atoms. The average Bonchev–Trinajstić information content (AvgIpc) is 2.77. The second kappa shape index (κ2) is 5.28. The Morgan fingerprint density at radius 3 is 2.73 bits per heavy atom. The van der Waals surface area contributed by atoms with E-state index in [4.69, 9.17) is 5.73 Å². The van der Waals surface area contributed by atoms with Gasteiger partial charge in [0, 0.05) is 12.1 Å². The molecule has 1 heterocycles. The van der Waals surface area contributed by atoms with Crippen molar-refractivity contribution in [3.8, 4) is 0 Å². The number of aliphatic hydroxyl groups is 1. The summed E-state index contributed by atoms with van der Waals surface area (Å²) in [4.78, 5) is 2.55. The molecular formula is C12H24N2O. The van der Waals surface area contributed by atoms with Crippen molar-refractivity contribution in [2.24, 2.45) is 11.7 Å².